The van der Waals surface area contributed by atoms with Gasteiger partial charge in [0, 0.05) is 36.5 Å². The summed E-state index contributed by atoms with van der Waals surface area (Å²) in [6, 6.07) is 8.67. The van der Waals surface area contributed by atoms with Crippen LogP contribution in [0, 0.1) is 25.6 Å². The molecule has 1 atom stereocenters. The van der Waals surface area contributed by atoms with Crippen molar-refractivity contribution in [2.24, 2.45) is 5.92 Å². The van der Waals surface area contributed by atoms with Gasteiger partial charge in [-0.1, -0.05) is 6.07 Å². The summed E-state index contributed by atoms with van der Waals surface area (Å²) in [6.45, 7) is 3.56. The van der Waals surface area contributed by atoms with Crippen molar-refractivity contribution in [3.63, 3.8) is 0 Å². The highest BCUT2D eigenvalue weighted by atomic mass is 19.1. The van der Waals surface area contributed by atoms with E-state index in [-0.39, 0.29) is 24.2 Å². The summed E-state index contributed by atoms with van der Waals surface area (Å²) < 4.78 is 13.6. The minimum Gasteiger partial charge on any atom is -0.396 e. The van der Waals surface area contributed by atoms with Gasteiger partial charge in [-0.05, 0) is 55.7 Å². The lowest BCUT2D eigenvalue weighted by Crippen LogP contribution is -2.32. The summed E-state index contributed by atoms with van der Waals surface area (Å²) in [5.74, 6) is -0.669. The van der Waals surface area contributed by atoms with Crippen LogP contribution in [0.25, 0.3) is 0 Å². The van der Waals surface area contributed by atoms with Gasteiger partial charge in [-0.3, -0.25) is 9.78 Å². The topological polar surface area (TPSA) is 62.2 Å². The number of aliphatic hydroxyl groups is 1. The Morgan fingerprint density at radius 2 is 2.00 bits per heavy atom. The number of amides is 1. The van der Waals surface area contributed by atoms with Crippen LogP contribution in [0.15, 0.2) is 36.5 Å². The zero-order valence-electron chi connectivity index (χ0n) is 13.3. The third-order valence-corrected chi connectivity index (χ3v) is 3.73. The van der Waals surface area contributed by atoms with Crippen molar-refractivity contribution in [1.82, 2.24) is 10.3 Å². The molecule has 0 aliphatic heterocycles. The van der Waals surface area contributed by atoms with Crippen LogP contribution in [0.2, 0.25) is 0 Å². The number of nitrogens with zero attached hydrogens (tertiary/aromatic N) is 1. The van der Waals surface area contributed by atoms with Crippen LogP contribution < -0.4 is 5.32 Å². The van der Waals surface area contributed by atoms with Gasteiger partial charge in [0.25, 0.3) is 5.91 Å². The fourth-order valence-corrected chi connectivity index (χ4v) is 2.43. The first-order valence-corrected chi connectivity index (χ1v) is 7.57. The van der Waals surface area contributed by atoms with Crippen LogP contribution >= 0.6 is 0 Å². The lowest BCUT2D eigenvalue weighted by atomic mass is 10.0. The molecule has 1 unspecified atom stereocenters. The van der Waals surface area contributed by atoms with E-state index in [1.54, 1.807) is 20.0 Å². The molecule has 2 aromatic rings. The van der Waals surface area contributed by atoms with E-state index in [0.717, 1.165) is 5.69 Å². The number of aliphatic hydroxyl groups excluding tert-OH is 1. The lowest BCUT2D eigenvalue weighted by molar-refractivity contribution is 0.0939. The maximum atomic E-state index is 13.6. The first kappa shape index (κ1) is 17.1. The number of carbonyl (C=O) groups is 1. The van der Waals surface area contributed by atoms with E-state index in [0.29, 0.717) is 29.7 Å². The Kier molecular flexibility index (Phi) is 5.82. The van der Waals surface area contributed by atoms with Gasteiger partial charge in [-0.15, -0.1) is 0 Å². The SMILES string of the molecule is Cc1cc(C(=O)NCC(CO)Cc2ccccn2)cc(C)c1F. The van der Waals surface area contributed by atoms with Crippen molar-refractivity contribution in [1.29, 1.82) is 0 Å². The summed E-state index contributed by atoms with van der Waals surface area (Å²) in [5, 5.41) is 12.3. The van der Waals surface area contributed by atoms with E-state index in [1.165, 1.54) is 12.1 Å². The second kappa shape index (κ2) is 7.83. The van der Waals surface area contributed by atoms with Gasteiger partial charge < -0.3 is 10.4 Å². The van der Waals surface area contributed by atoms with E-state index in [2.05, 4.69) is 10.3 Å². The first-order valence-electron chi connectivity index (χ1n) is 7.57. The number of benzene rings is 1. The van der Waals surface area contributed by atoms with E-state index in [4.69, 9.17) is 0 Å². The Labute approximate surface area is 135 Å². The van der Waals surface area contributed by atoms with Gasteiger partial charge in [0.05, 0.1) is 0 Å². The van der Waals surface area contributed by atoms with Crippen molar-refractivity contribution in [3.8, 4) is 0 Å². The molecule has 0 saturated heterocycles. The average Bonchev–Trinajstić information content (AvgIpc) is 2.56. The standard InChI is InChI=1S/C18H21FN2O2/c1-12-7-15(8-13(2)17(12)19)18(23)21-10-14(11-22)9-16-5-3-4-6-20-16/h3-8,14,22H,9-11H2,1-2H3,(H,21,23). The third kappa shape index (κ3) is 4.60. The fourth-order valence-electron chi connectivity index (χ4n) is 2.43. The molecule has 5 heteroatoms. The van der Waals surface area contributed by atoms with E-state index in [9.17, 15) is 14.3 Å². The van der Waals surface area contributed by atoms with Crippen LogP contribution in [-0.2, 0) is 6.42 Å². The molecule has 0 aliphatic carbocycles. The Hall–Kier alpha value is -2.27. The Bertz CT molecular complexity index is 651. The summed E-state index contributed by atoms with van der Waals surface area (Å²) in [5.41, 5.74) is 2.19. The highest BCUT2D eigenvalue weighted by Crippen LogP contribution is 2.15. The number of halogens is 1. The predicted molar refractivity (Wildman–Crippen MR) is 86.7 cm³/mol. The predicted octanol–water partition coefficient (Wildman–Crippen LogP) is 2.42. The maximum Gasteiger partial charge on any atom is 0.251 e. The van der Waals surface area contributed by atoms with Crippen molar-refractivity contribution in [2.75, 3.05) is 13.2 Å². The van der Waals surface area contributed by atoms with Crippen LogP contribution in [-0.4, -0.2) is 29.1 Å². The molecule has 1 heterocycles. The molecule has 0 bridgehead atoms. The Morgan fingerprint density at radius 3 is 2.57 bits per heavy atom. The normalized spacial score (nSPS) is 12.0. The smallest absolute Gasteiger partial charge is 0.251 e. The third-order valence-electron chi connectivity index (χ3n) is 3.73. The Morgan fingerprint density at radius 1 is 1.30 bits per heavy atom. The molecular weight excluding hydrogens is 295 g/mol. The molecule has 1 amide bonds. The van der Waals surface area contributed by atoms with Crippen molar-refractivity contribution in [3.05, 3.63) is 64.7 Å². The zero-order valence-corrected chi connectivity index (χ0v) is 13.3. The van der Waals surface area contributed by atoms with Gasteiger partial charge in [0.1, 0.15) is 5.82 Å². The molecular formula is C18H21FN2O2. The molecule has 122 valence electrons. The second-order valence-electron chi connectivity index (χ2n) is 5.71. The summed E-state index contributed by atoms with van der Waals surface area (Å²) in [4.78, 5) is 16.4. The number of hydrogen-bond donors (Lipinski definition) is 2. The van der Waals surface area contributed by atoms with Crippen molar-refractivity contribution >= 4 is 5.91 Å². The number of carbonyl (C=O) groups excluding carboxylic acids is 1. The molecule has 1 aromatic heterocycles. The van der Waals surface area contributed by atoms with Crippen LogP contribution in [0.1, 0.15) is 27.2 Å². The molecule has 0 fully saturated rings. The average molecular weight is 316 g/mol. The molecule has 2 rings (SSSR count). The van der Waals surface area contributed by atoms with Crippen molar-refractivity contribution in [2.45, 2.75) is 20.3 Å². The van der Waals surface area contributed by atoms with Gasteiger partial charge in [-0.2, -0.15) is 0 Å². The minimum absolute atomic E-state index is 0.0433. The summed E-state index contributed by atoms with van der Waals surface area (Å²) in [6.07, 6.45) is 2.28. The molecule has 0 saturated carbocycles. The molecule has 2 N–H and O–H groups in total. The van der Waals surface area contributed by atoms with Crippen LogP contribution in [0.5, 0.6) is 0 Å². The van der Waals surface area contributed by atoms with E-state index < -0.39 is 0 Å². The number of nitrogens with one attached hydrogen (secondary N) is 1. The molecule has 0 aliphatic rings. The number of aromatic nitrogens is 1. The largest absolute Gasteiger partial charge is 0.396 e. The first-order chi connectivity index (χ1) is 11.0. The highest BCUT2D eigenvalue weighted by molar-refractivity contribution is 5.94. The number of aryl methyl sites for hydroxylation is 2. The monoisotopic (exact) mass is 316 g/mol. The zero-order chi connectivity index (χ0) is 16.8. The maximum absolute atomic E-state index is 13.6. The lowest BCUT2D eigenvalue weighted by Gasteiger charge is -2.15. The fraction of sp³-hybridized carbons (Fsp3) is 0.333. The van der Waals surface area contributed by atoms with Gasteiger partial charge in [-0.25, -0.2) is 4.39 Å². The van der Waals surface area contributed by atoms with Crippen molar-refractivity contribution < 1.29 is 14.3 Å². The molecule has 0 spiro atoms. The van der Waals surface area contributed by atoms with Gasteiger partial charge in [0.2, 0.25) is 0 Å². The number of rotatable bonds is 6. The summed E-state index contributed by atoms with van der Waals surface area (Å²) >= 11 is 0. The molecule has 1 aromatic carbocycles. The van der Waals surface area contributed by atoms with E-state index >= 15 is 0 Å². The second-order valence-corrected chi connectivity index (χ2v) is 5.71. The van der Waals surface area contributed by atoms with Gasteiger partial charge in [0.15, 0.2) is 0 Å². The summed E-state index contributed by atoms with van der Waals surface area (Å²) in [7, 11) is 0. The quantitative estimate of drug-likeness (QED) is 0.860. The van der Waals surface area contributed by atoms with Crippen LogP contribution in [0.4, 0.5) is 4.39 Å². The number of pyridine rings is 1. The molecule has 4 nitrogen and oxygen atoms in total. The Balaban J connectivity index is 1.97. The molecule has 0 radical (unpaired) electrons. The highest BCUT2D eigenvalue weighted by Gasteiger charge is 2.14. The number of hydrogen-bond acceptors (Lipinski definition) is 3. The van der Waals surface area contributed by atoms with E-state index in [1.807, 2.05) is 18.2 Å². The van der Waals surface area contributed by atoms with Gasteiger partial charge >= 0.3 is 0 Å². The molecule has 23 heavy (non-hydrogen) atoms. The van der Waals surface area contributed by atoms with Crippen LogP contribution in [0.3, 0.4) is 0 Å². The minimum atomic E-state index is -0.287.